The standard InChI is InChI=1S/C89H123N25O31S4.In/c1-55-39-63(40-56(2)79(55)148(140,141)107-66(86(130)131)47-100-81(125)59-11-14-70-61(43-59)45-102-113(70)27-7-17-94-88-96-23-24-97-88)144-37-5-9-72(115)90-19-21-92-83(127)68(53-146(134,135)136)105-74(117)16-13-65(104-75(118)49-109-29-31-110(50-76(119)120)33-35-112(52-78(123)124)36-34-111(32-30-109)51-77(121)122)85(129)106-69(54-147(137,138)139)84(128)93-22-20-91-73(116)10-6-38-145-64-41-57(3)80(58(4)42-64)149(142,143)108-67(87(132)133)48-101-82(126)60-12-15-71-62(44-60)46-103-114(71)28-8-18-95-89-98-25-26-99-89;/h11-12,14-15,23-26,39-46,65-69,107-108H,5-10,13,16-22,27-38,47-54H2,1-4H3,(H,90,115)(H,91,116)(H,92,127)(H,93,128)(H,100,125)(H,101,126)(H,104,118)(H,105,117)(H,106,129)(H,119,120)(H,121,122)(H,123,124)(H,130,131)(H,132,133)(H2,94,96,97)(H2,95,98,99)(H,134,135,136)(H,137,138,139);/q;+3/t65-,66-,67-,68-,69-;/m0./s1. The van der Waals surface area contributed by atoms with Gasteiger partial charge < -0.3 is 103 Å². The molecule has 0 saturated carbocycles. The Morgan fingerprint density at radius 1 is 0.407 bits per heavy atom. The number of aromatic nitrogens is 8. The average molecular weight is 2280 g/mol. The van der Waals surface area contributed by atoms with Gasteiger partial charge in [-0.25, -0.2) is 26.8 Å². The first kappa shape index (κ1) is 122. The summed E-state index contributed by atoms with van der Waals surface area (Å²) in [4.78, 5) is 203. The second-order valence-corrected chi connectivity index (χ2v) is 41.0. The fourth-order valence-electron chi connectivity index (χ4n) is 15.8. The predicted octanol–water partition coefficient (Wildman–Crippen LogP) is -4.02. The van der Waals surface area contributed by atoms with Crippen LogP contribution in [0.3, 0.4) is 0 Å². The van der Waals surface area contributed by atoms with E-state index in [2.05, 4.69) is 98.1 Å². The number of nitrogens with zero attached hydrogens (tertiary/aromatic N) is 10. The van der Waals surface area contributed by atoms with Gasteiger partial charge in [-0.3, -0.25) is 105 Å². The average Bonchev–Trinajstić information content (AvgIpc) is 1.17. The van der Waals surface area contributed by atoms with E-state index in [0.29, 0.717) is 61.7 Å². The van der Waals surface area contributed by atoms with Gasteiger partial charge >= 0.3 is 55.7 Å². The van der Waals surface area contributed by atoms with Crippen molar-refractivity contribution in [3.8, 4) is 11.5 Å². The van der Waals surface area contributed by atoms with Crippen molar-refractivity contribution in [2.45, 2.75) is 132 Å². The van der Waals surface area contributed by atoms with Crippen molar-refractivity contribution in [2.75, 3.05) is 166 Å². The van der Waals surface area contributed by atoms with Gasteiger partial charge in [0.15, 0.2) is 11.9 Å². The van der Waals surface area contributed by atoms with Gasteiger partial charge in [0, 0.05) is 184 Å². The van der Waals surface area contributed by atoms with E-state index >= 15 is 0 Å². The maximum atomic E-state index is 14.5. The summed E-state index contributed by atoms with van der Waals surface area (Å²) in [6.45, 7) is 2.03. The fourth-order valence-corrected chi connectivity index (χ4v) is 20.4. The van der Waals surface area contributed by atoms with Crippen LogP contribution < -0.4 is 77.4 Å². The van der Waals surface area contributed by atoms with Crippen LogP contribution in [0, 0.1) is 27.7 Å². The van der Waals surface area contributed by atoms with Crippen LogP contribution in [0.4, 0.5) is 11.9 Å². The zero-order valence-corrected chi connectivity index (χ0v) is 88.8. The molecule has 1 saturated heterocycles. The zero-order chi connectivity index (χ0) is 109. The van der Waals surface area contributed by atoms with E-state index in [4.69, 9.17) is 9.47 Å². The summed E-state index contributed by atoms with van der Waals surface area (Å²) >= 11 is 0. The Bertz CT molecular complexity index is 6460. The Kier molecular flexibility index (Phi) is 47.4. The molecule has 5 heterocycles. The number of imidazole rings is 2. The number of anilines is 2. The molecule has 4 aromatic carbocycles. The zero-order valence-electron chi connectivity index (χ0n) is 82.3. The van der Waals surface area contributed by atoms with Crippen LogP contribution in [-0.2, 0) is 111 Å². The van der Waals surface area contributed by atoms with Crippen molar-refractivity contribution in [3.05, 3.63) is 131 Å². The van der Waals surface area contributed by atoms with E-state index in [-0.39, 0.29) is 185 Å². The van der Waals surface area contributed by atoms with Gasteiger partial charge in [-0.1, -0.05) is 0 Å². The molecular formula is C89H123InN25O31S4+3. The third-order valence-corrected chi connectivity index (χ3v) is 27.9. The number of benzene rings is 4. The molecule has 814 valence electrons. The molecule has 150 heavy (non-hydrogen) atoms. The Labute approximate surface area is 879 Å². The molecular weight excluding hydrogens is 2160 g/mol. The third kappa shape index (κ3) is 41.0. The number of ether oxygens (including phenoxy) is 2. The normalized spacial score (nSPS) is 14.2. The monoisotopic (exact) mass is 2280 g/mol. The molecule has 0 spiro atoms. The number of nitrogens with one attached hydrogen (secondary N) is 15. The van der Waals surface area contributed by atoms with Gasteiger partial charge in [-0.15, -0.1) is 0 Å². The van der Waals surface area contributed by atoms with Crippen LogP contribution >= 0.6 is 0 Å². The maximum absolute atomic E-state index is 14.5. The SMILES string of the molecule is Cc1cc(OCCCC(=O)NCCNC(=O)[C@H](CS(=O)(=O)O)NC(=O)CC[C@H](NC(=O)CN2CCN(CC(=O)O)CCN(CC(=O)O)CCN(CC(=O)O)CC2)C(=O)N[C@@H](CS(=O)(=O)O)C(=O)NCCNC(=O)CCCOc2cc(C)c(S(=O)(=O)N[C@@H](CNC(=O)c3ccc4c(cnn4CCCNc4ncc[nH]4)c3)C(=O)O)c(C)c2)cc(C)c1S(=O)(=O)N[C@@H](CNC(=O)c1ccc2c(cnn2CCCNc2ncc[nH]2)c1)C(=O)O.[In+3]. The van der Waals surface area contributed by atoms with E-state index in [0.717, 1.165) is 11.0 Å². The summed E-state index contributed by atoms with van der Waals surface area (Å²) in [6, 6.07) is 4.98. The molecule has 0 radical (unpaired) electrons. The molecule has 0 bridgehead atoms. The molecule has 8 aromatic rings. The van der Waals surface area contributed by atoms with E-state index in [1.807, 2.05) is 0 Å². The second kappa shape index (κ2) is 58.5. The summed E-state index contributed by atoms with van der Waals surface area (Å²) in [6.07, 6.45) is 9.04. The largest absolute Gasteiger partial charge is 3.00 e. The summed E-state index contributed by atoms with van der Waals surface area (Å²) < 4.78 is 145. The summed E-state index contributed by atoms with van der Waals surface area (Å²) in [7, 11) is -19.5. The van der Waals surface area contributed by atoms with Crippen molar-refractivity contribution >= 4 is 183 Å². The number of hydrogen-bond acceptors (Lipinski definition) is 34. The van der Waals surface area contributed by atoms with Gasteiger partial charge in [-0.2, -0.15) is 36.5 Å². The Balaban J connectivity index is 0.0000274. The Morgan fingerprint density at radius 2 is 0.767 bits per heavy atom. The van der Waals surface area contributed by atoms with Crippen molar-refractivity contribution < 1.29 is 145 Å². The van der Waals surface area contributed by atoms with Crippen molar-refractivity contribution in [2.24, 2.45) is 0 Å². The maximum Gasteiger partial charge on any atom is 3.00 e. The van der Waals surface area contributed by atoms with Crippen LogP contribution in [-0.4, -0.2) is 422 Å². The first-order valence-corrected chi connectivity index (χ1v) is 53.1. The molecule has 5 atom stereocenters. The minimum atomic E-state index is -5.22. The molecule has 61 heteroatoms. The van der Waals surface area contributed by atoms with Crippen LogP contribution in [0.25, 0.3) is 21.8 Å². The van der Waals surface area contributed by atoms with Crippen molar-refractivity contribution in [1.29, 1.82) is 0 Å². The molecule has 0 aliphatic carbocycles. The van der Waals surface area contributed by atoms with Gasteiger partial charge in [0.05, 0.1) is 72.6 Å². The van der Waals surface area contributed by atoms with Crippen LogP contribution in [0.15, 0.2) is 108 Å². The summed E-state index contributed by atoms with van der Waals surface area (Å²) in [5, 5.41) is 86.9. The van der Waals surface area contributed by atoms with E-state index in [9.17, 15) is 135 Å². The fraction of sp³-hybridized carbons (Fsp3) is 0.483. The van der Waals surface area contributed by atoms with Crippen molar-refractivity contribution in [1.82, 2.24) is 116 Å². The quantitative estimate of drug-likeness (QED) is 0.0128. The number of carboxylic acids is 5. The first-order chi connectivity index (χ1) is 70.5. The number of H-pyrrole nitrogens is 2. The number of sulfonamides is 2. The number of fused-ring (bicyclic) bond motifs is 2. The number of carbonyl (C=O) groups is 14. The second-order valence-electron chi connectivity index (χ2n) is 34.7. The van der Waals surface area contributed by atoms with Crippen LogP contribution in [0.5, 0.6) is 11.5 Å². The van der Waals surface area contributed by atoms with E-state index in [1.54, 1.807) is 70.8 Å². The molecule has 0 unspecified atom stereocenters. The first-order valence-electron chi connectivity index (χ1n) is 46.9. The number of amides is 9. The molecule has 9 amide bonds. The topological polar surface area (TPSA) is 798 Å². The predicted molar refractivity (Wildman–Crippen MR) is 537 cm³/mol. The number of aliphatic carboxylic acids is 5. The molecule has 9 rings (SSSR count). The van der Waals surface area contributed by atoms with Gasteiger partial charge in [0.1, 0.15) is 53.2 Å². The van der Waals surface area contributed by atoms with E-state index < -0.39 is 230 Å². The number of hydrogen-bond donors (Lipinski definition) is 22. The minimum absolute atomic E-state index is 0. The van der Waals surface area contributed by atoms with Crippen LogP contribution in [0.2, 0.25) is 0 Å². The smallest absolute Gasteiger partial charge is 0.494 e. The van der Waals surface area contributed by atoms with Gasteiger partial charge in [-0.05, 0) is 143 Å². The van der Waals surface area contributed by atoms with Gasteiger partial charge in [0.2, 0.25) is 61.4 Å². The molecule has 1 aliphatic heterocycles. The Hall–Kier alpha value is -13.6. The van der Waals surface area contributed by atoms with E-state index in [1.165, 1.54) is 83.7 Å². The minimum Gasteiger partial charge on any atom is -0.494 e. The van der Waals surface area contributed by atoms with Crippen molar-refractivity contribution in [3.63, 3.8) is 0 Å². The number of carbonyl (C=O) groups excluding carboxylic acids is 9. The number of aromatic amines is 2. The molecule has 56 nitrogen and oxygen atoms in total. The van der Waals surface area contributed by atoms with Gasteiger partial charge in [0.25, 0.3) is 32.1 Å². The number of rotatable bonds is 61. The molecule has 1 aliphatic rings. The molecule has 22 N–H and O–H groups in total. The number of aryl methyl sites for hydroxylation is 6. The summed E-state index contributed by atoms with van der Waals surface area (Å²) in [5.41, 5.74) is 2.33. The summed E-state index contributed by atoms with van der Waals surface area (Å²) in [5.74, 6) is -17.3. The molecule has 1 fully saturated rings. The van der Waals surface area contributed by atoms with Crippen LogP contribution in [0.1, 0.15) is 94.3 Å². The number of carboxylic acid groups (broad SMARTS) is 5. The Morgan fingerprint density at radius 3 is 1.12 bits per heavy atom. The molecule has 4 aromatic heterocycles. The third-order valence-electron chi connectivity index (χ3n) is 22.9.